The fourth-order valence-corrected chi connectivity index (χ4v) is 1.84. The third-order valence-corrected chi connectivity index (χ3v) is 2.82. The van der Waals surface area contributed by atoms with E-state index in [9.17, 15) is 0 Å². The number of rotatable bonds is 6. The summed E-state index contributed by atoms with van der Waals surface area (Å²) in [5.74, 6) is 2.80. The van der Waals surface area contributed by atoms with Crippen molar-refractivity contribution >= 4 is 0 Å². The van der Waals surface area contributed by atoms with Gasteiger partial charge in [-0.3, -0.25) is 5.32 Å². The predicted molar refractivity (Wildman–Crippen MR) is 70.2 cm³/mol. The molecule has 1 atom stereocenters. The summed E-state index contributed by atoms with van der Waals surface area (Å²) in [4.78, 5) is 0. The van der Waals surface area contributed by atoms with E-state index in [0.29, 0.717) is 0 Å². The molecule has 0 bridgehead atoms. The van der Waals surface area contributed by atoms with E-state index in [-0.39, 0.29) is 6.04 Å². The molecule has 16 heavy (non-hydrogen) atoms. The minimum Gasteiger partial charge on any atom is -0.300 e. The zero-order valence-corrected chi connectivity index (χ0v) is 10.3. The monoisotopic (exact) mass is 215 g/mol. The van der Waals surface area contributed by atoms with Crippen molar-refractivity contribution in [3.63, 3.8) is 0 Å². The Morgan fingerprint density at radius 2 is 1.94 bits per heavy atom. The number of benzene rings is 1. The standard InChI is InChI=1S/C15H21N/c1-4-9-15(6-3)16-12-14-11-8-7-10-13(14)5-2/h3,7-8,10-11,15-16H,4-5,9,12H2,1-2H3. The molecule has 1 heteroatoms. The molecule has 0 aliphatic heterocycles. The van der Waals surface area contributed by atoms with Crippen LogP contribution < -0.4 is 5.32 Å². The van der Waals surface area contributed by atoms with Crippen LogP contribution in [0.5, 0.6) is 0 Å². The van der Waals surface area contributed by atoms with Crippen LogP contribution in [0.1, 0.15) is 37.8 Å². The summed E-state index contributed by atoms with van der Waals surface area (Å²) in [6.45, 7) is 5.22. The van der Waals surface area contributed by atoms with E-state index in [4.69, 9.17) is 6.42 Å². The highest BCUT2D eigenvalue weighted by atomic mass is 14.9. The van der Waals surface area contributed by atoms with Crippen LogP contribution in [-0.2, 0) is 13.0 Å². The minimum atomic E-state index is 0.204. The molecule has 1 nitrogen and oxygen atoms in total. The molecule has 0 heterocycles. The number of terminal acetylenes is 1. The first-order valence-electron chi connectivity index (χ1n) is 6.08. The summed E-state index contributed by atoms with van der Waals surface area (Å²) >= 11 is 0. The summed E-state index contributed by atoms with van der Waals surface area (Å²) in [6, 6.07) is 8.73. The number of nitrogens with one attached hydrogen (secondary N) is 1. The molecule has 0 aromatic heterocycles. The summed E-state index contributed by atoms with van der Waals surface area (Å²) < 4.78 is 0. The molecule has 0 amide bonds. The van der Waals surface area contributed by atoms with Crippen LogP contribution in [-0.4, -0.2) is 6.04 Å². The van der Waals surface area contributed by atoms with Crippen molar-refractivity contribution in [2.75, 3.05) is 0 Å². The van der Waals surface area contributed by atoms with E-state index in [0.717, 1.165) is 25.8 Å². The molecule has 1 aromatic carbocycles. The van der Waals surface area contributed by atoms with Crippen LogP contribution in [0, 0.1) is 12.3 Å². The van der Waals surface area contributed by atoms with Crippen molar-refractivity contribution in [2.45, 2.75) is 45.7 Å². The maximum atomic E-state index is 5.48. The minimum absolute atomic E-state index is 0.204. The lowest BCUT2D eigenvalue weighted by atomic mass is 10.0. The average Bonchev–Trinajstić information content (AvgIpc) is 2.34. The molecule has 0 saturated carbocycles. The Morgan fingerprint density at radius 1 is 1.25 bits per heavy atom. The molecule has 0 saturated heterocycles. The summed E-state index contributed by atoms with van der Waals surface area (Å²) in [5.41, 5.74) is 2.77. The van der Waals surface area contributed by atoms with Gasteiger partial charge in [0.25, 0.3) is 0 Å². The molecule has 0 aliphatic rings. The van der Waals surface area contributed by atoms with Gasteiger partial charge in [-0.1, -0.05) is 50.5 Å². The smallest absolute Gasteiger partial charge is 0.0689 e. The topological polar surface area (TPSA) is 12.0 Å². The SMILES string of the molecule is C#CC(CCC)NCc1ccccc1CC. The van der Waals surface area contributed by atoms with E-state index in [1.165, 1.54) is 11.1 Å². The largest absolute Gasteiger partial charge is 0.300 e. The van der Waals surface area contributed by atoms with Crippen molar-refractivity contribution in [1.82, 2.24) is 5.32 Å². The van der Waals surface area contributed by atoms with Gasteiger partial charge in [0.2, 0.25) is 0 Å². The van der Waals surface area contributed by atoms with Gasteiger partial charge in [-0.05, 0) is 24.0 Å². The molecule has 1 aromatic rings. The summed E-state index contributed by atoms with van der Waals surface area (Å²) in [7, 11) is 0. The van der Waals surface area contributed by atoms with Crippen molar-refractivity contribution in [3.8, 4) is 12.3 Å². The Balaban J connectivity index is 2.56. The van der Waals surface area contributed by atoms with Crippen LogP contribution >= 0.6 is 0 Å². The molecule has 1 unspecified atom stereocenters. The highest BCUT2D eigenvalue weighted by Gasteiger charge is 2.04. The molecule has 1 N–H and O–H groups in total. The van der Waals surface area contributed by atoms with Crippen LogP contribution in [0.2, 0.25) is 0 Å². The average molecular weight is 215 g/mol. The lowest BCUT2D eigenvalue weighted by molar-refractivity contribution is 0.561. The summed E-state index contributed by atoms with van der Waals surface area (Å²) in [6.07, 6.45) is 8.73. The first-order valence-corrected chi connectivity index (χ1v) is 6.08. The summed E-state index contributed by atoms with van der Waals surface area (Å²) in [5, 5.41) is 3.43. The van der Waals surface area contributed by atoms with Crippen molar-refractivity contribution < 1.29 is 0 Å². The maximum Gasteiger partial charge on any atom is 0.0689 e. The van der Waals surface area contributed by atoms with Gasteiger partial charge < -0.3 is 0 Å². The van der Waals surface area contributed by atoms with Gasteiger partial charge in [0.1, 0.15) is 0 Å². The van der Waals surface area contributed by atoms with Gasteiger partial charge in [-0.15, -0.1) is 6.42 Å². The second kappa shape index (κ2) is 7.09. The van der Waals surface area contributed by atoms with Crippen molar-refractivity contribution in [3.05, 3.63) is 35.4 Å². The highest BCUT2D eigenvalue weighted by Crippen LogP contribution is 2.09. The van der Waals surface area contributed by atoms with E-state index < -0.39 is 0 Å². The van der Waals surface area contributed by atoms with Crippen LogP contribution in [0.25, 0.3) is 0 Å². The lowest BCUT2D eigenvalue weighted by Gasteiger charge is -2.13. The van der Waals surface area contributed by atoms with Gasteiger partial charge in [0.15, 0.2) is 0 Å². The normalized spacial score (nSPS) is 12.1. The Bertz CT molecular complexity index is 349. The first kappa shape index (κ1) is 12.8. The molecule has 0 spiro atoms. The number of aryl methyl sites for hydroxylation is 1. The Labute approximate surface area is 99.3 Å². The Hall–Kier alpha value is -1.26. The quantitative estimate of drug-likeness (QED) is 0.719. The van der Waals surface area contributed by atoms with E-state index >= 15 is 0 Å². The third kappa shape index (κ3) is 3.72. The Morgan fingerprint density at radius 3 is 2.50 bits per heavy atom. The molecular formula is C15H21N. The zero-order valence-electron chi connectivity index (χ0n) is 10.3. The van der Waals surface area contributed by atoms with Gasteiger partial charge in [0, 0.05) is 6.54 Å². The molecule has 0 fully saturated rings. The second-order valence-corrected chi connectivity index (χ2v) is 4.01. The second-order valence-electron chi connectivity index (χ2n) is 4.01. The fourth-order valence-electron chi connectivity index (χ4n) is 1.84. The van der Waals surface area contributed by atoms with Crippen molar-refractivity contribution in [2.24, 2.45) is 0 Å². The molecule has 0 aliphatic carbocycles. The van der Waals surface area contributed by atoms with Crippen LogP contribution in [0.4, 0.5) is 0 Å². The van der Waals surface area contributed by atoms with Crippen LogP contribution in [0.3, 0.4) is 0 Å². The van der Waals surface area contributed by atoms with E-state index in [1.807, 2.05) is 0 Å². The number of hydrogen-bond acceptors (Lipinski definition) is 1. The number of hydrogen-bond donors (Lipinski definition) is 1. The van der Waals surface area contributed by atoms with E-state index in [1.54, 1.807) is 0 Å². The fraction of sp³-hybridized carbons (Fsp3) is 0.467. The first-order chi connectivity index (χ1) is 7.81. The predicted octanol–water partition coefficient (Wildman–Crippen LogP) is 3.14. The molecule has 0 radical (unpaired) electrons. The Kier molecular flexibility index (Phi) is 5.67. The van der Waals surface area contributed by atoms with Gasteiger partial charge in [0.05, 0.1) is 6.04 Å². The van der Waals surface area contributed by atoms with Gasteiger partial charge in [-0.25, -0.2) is 0 Å². The molecular weight excluding hydrogens is 194 g/mol. The van der Waals surface area contributed by atoms with Gasteiger partial charge in [-0.2, -0.15) is 0 Å². The van der Waals surface area contributed by atoms with Crippen molar-refractivity contribution in [1.29, 1.82) is 0 Å². The van der Waals surface area contributed by atoms with Crippen LogP contribution in [0.15, 0.2) is 24.3 Å². The van der Waals surface area contributed by atoms with Gasteiger partial charge >= 0.3 is 0 Å². The lowest BCUT2D eigenvalue weighted by Crippen LogP contribution is -2.27. The highest BCUT2D eigenvalue weighted by molar-refractivity contribution is 5.27. The third-order valence-electron chi connectivity index (χ3n) is 2.82. The zero-order chi connectivity index (χ0) is 11.8. The van der Waals surface area contributed by atoms with E-state index in [2.05, 4.69) is 49.4 Å². The maximum absolute atomic E-state index is 5.48. The molecule has 86 valence electrons. The molecule has 1 rings (SSSR count).